The van der Waals surface area contributed by atoms with Gasteiger partial charge in [0, 0.05) is 27.6 Å². The molecule has 0 spiro atoms. The Hall–Kier alpha value is -3.40. The van der Waals surface area contributed by atoms with E-state index in [9.17, 15) is 14.9 Å². The average molecular weight is 448 g/mol. The second kappa shape index (κ2) is 8.09. The van der Waals surface area contributed by atoms with Crippen LogP contribution in [0.5, 0.6) is 11.5 Å². The number of nitro groups is 1. The largest absolute Gasteiger partial charge is 0.493 e. The first-order valence-corrected chi connectivity index (χ1v) is 8.65. The van der Waals surface area contributed by atoms with Gasteiger partial charge in [-0.05, 0) is 24.3 Å². The second-order valence-electron chi connectivity index (χ2n) is 5.52. The molecule has 9 nitrogen and oxygen atoms in total. The fourth-order valence-electron chi connectivity index (χ4n) is 2.53. The van der Waals surface area contributed by atoms with Gasteiger partial charge in [-0.2, -0.15) is 5.10 Å². The van der Waals surface area contributed by atoms with Crippen molar-refractivity contribution < 1.29 is 23.6 Å². The molecule has 0 aliphatic rings. The van der Waals surface area contributed by atoms with Gasteiger partial charge in [-0.25, -0.2) is 5.43 Å². The van der Waals surface area contributed by atoms with E-state index in [1.54, 1.807) is 12.1 Å². The van der Waals surface area contributed by atoms with Crippen LogP contribution in [0.1, 0.15) is 16.1 Å². The number of carbonyl (C=O) groups is 1. The Balaban J connectivity index is 1.80. The van der Waals surface area contributed by atoms with Crippen molar-refractivity contribution in [2.24, 2.45) is 5.10 Å². The Bertz CT molecular complexity index is 1090. The van der Waals surface area contributed by atoms with Gasteiger partial charge in [-0.1, -0.05) is 15.9 Å². The second-order valence-corrected chi connectivity index (χ2v) is 6.44. The van der Waals surface area contributed by atoms with Crippen molar-refractivity contribution in [2.45, 2.75) is 0 Å². The van der Waals surface area contributed by atoms with Crippen LogP contribution in [0.4, 0.5) is 5.69 Å². The van der Waals surface area contributed by atoms with E-state index in [2.05, 4.69) is 26.5 Å². The molecule has 1 N–H and O–H groups in total. The van der Waals surface area contributed by atoms with Gasteiger partial charge in [-0.3, -0.25) is 14.9 Å². The third-order valence-electron chi connectivity index (χ3n) is 3.78. The molecule has 0 atom stereocenters. The maximum atomic E-state index is 12.3. The highest BCUT2D eigenvalue weighted by atomic mass is 79.9. The summed E-state index contributed by atoms with van der Waals surface area (Å²) in [5, 5.41) is 15.2. The van der Waals surface area contributed by atoms with E-state index in [0.29, 0.717) is 28.0 Å². The molecule has 1 amide bonds. The summed E-state index contributed by atoms with van der Waals surface area (Å²) in [5.74, 6) is 0.339. The standard InChI is InChI=1S/C18H14BrN3O6/c1-26-15-8-12(19)5-11(17(15)27-2)9-20-21-18(23)16-7-10-6-13(22(24)25)3-4-14(10)28-16/h3-9H,1-2H3,(H,21,23)/b20-9-. The maximum absolute atomic E-state index is 12.3. The Morgan fingerprint density at radius 2 is 2.04 bits per heavy atom. The van der Waals surface area contributed by atoms with Crippen molar-refractivity contribution >= 4 is 44.7 Å². The quantitative estimate of drug-likeness (QED) is 0.348. The summed E-state index contributed by atoms with van der Waals surface area (Å²) >= 11 is 3.36. The molecule has 0 saturated heterocycles. The summed E-state index contributed by atoms with van der Waals surface area (Å²) in [7, 11) is 3.01. The third-order valence-corrected chi connectivity index (χ3v) is 4.23. The number of benzene rings is 2. The van der Waals surface area contributed by atoms with Gasteiger partial charge in [-0.15, -0.1) is 0 Å². The van der Waals surface area contributed by atoms with E-state index in [4.69, 9.17) is 13.9 Å². The lowest BCUT2D eigenvalue weighted by atomic mass is 10.2. The molecule has 0 saturated carbocycles. The molecule has 10 heteroatoms. The number of fused-ring (bicyclic) bond motifs is 1. The van der Waals surface area contributed by atoms with Crippen molar-refractivity contribution in [1.29, 1.82) is 0 Å². The molecular formula is C18H14BrN3O6. The van der Waals surface area contributed by atoms with Crippen LogP contribution in [0.2, 0.25) is 0 Å². The molecule has 1 heterocycles. The molecular weight excluding hydrogens is 434 g/mol. The number of carbonyl (C=O) groups excluding carboxylic acids is 1. The first-order chi connectivity index (χ1) is 13.4. The number of methoxy groups -OCH3 is 2. The van der Waals surface area contributed by atoms with E-state index in [1.807, 2.05) is 0 Å². The van der Waals surface area contributed by atoms with Crippen molar-refractivity contribution in [3.63, 3.8) is 0 Å². The summed E-state index contributed by atoms with van der Waals surface area (Å²) in [6.45, 7) is 0. The van der Waals surface area contributed by atoms with Crippen LogP contribution in [-0.4, -0.2) is 31.3 Å². The fraction of sp³-hybridized carbons (Fsp3) is 0.111. The van der Waals surface area contributed by atoms with Crippen molar-refractivity contribution in [3.05, 3.63) is 62.3 Å². The number of nitrogens with zero attached hydrogens (tertiary/aromatic N) is 2. The number of hydrazone groups is 1. The zero-order chi connectivity index (χ0) is 20.3. The van der Waals surface area contributed by atoms with Gasteiger partial charge in [0.2, 0.25) is 0 Å². The van der Waals surface area contributed by atoms with Gasteiger partial charge < -0.3 is 13.9 Å². The fourth-order valence-corrected chi connectivity index (χ4v) is 2.98. The van der Waals surface area contributed by atoms with E-state index in [1.165, 1.54) is 44.7 Å². The molecule has 0 aliphatic carbocycles. The monoisotopic (exact) mass is 447 g/mol. The van der Waals surface area contributed by atoms with Crippen LogP contribution in [0, 0.1) is 10.1 Å². The molecule has 144 valence electrons. The van der Waals surface area contributed by atoms with Crippen LogP contribution in [0.25, 0.3) is 11.0 Å². The molecule has 0 unspecified atom stereocenters. The summed E-state index contributed by atoms with van der Waals surface area (Å²) in [4.78, 5) is 22.6. The molecule has 3 rings (SSSR count). The van der Waals surface area contributed by atoms with Crippen LogP contribution in [0.3, 0.4) is 0 Å². The number of halogens is 1. The van der Waals surface area contributed by atoms with Gasteiger partial charge in [0.1, 0.15) is 5.58 Å². The Labute approximate surface area is 167 Å². The molecule has 2 aromatic carbocycles. The molecule has 28 heavy (non-hydrogen) atoms. The molecule has 0 radical (unpaired) electrons. The smallest absolute Gasteiger partial charge is 0.307 e. The van der Waals surface area contributed by atoms with Crippen LogP contribution < -0.4 is 14.9 Å². The van der Waals surface area contributed by atoms with Crippen molar-refractivity contribution in [3.8, 4) is 11.5 Å². The lowest BCUT2D eigenvalue weighted by molar-refractivity contribution is -0.384. The first kappa shape index (κ1) is 19.4. The van der Waals surface area contributed by atoms with Crippen molar-refractivity contribution in [1.82, 2.24) is 5.43 Å². The number of hydrogen-bond acceptors (Lipinski definition) is 7. The third kappa shape index (κ3) is 3.96. The summed E-state index contributed by atoms with van der Waals surface area (Å²) in [6, 6.07) is 8.97. The number of amides is 1. The zero-order valence-corrected chi connectivity index (χ0v) is 16.3. The number of ether oxygens (including phenoxy) is 2. The minimum atomic E-state index is -0.601. The number of furan rings is 1. The lowest BCUT2D eigenvalue weighted by Crippen LogP contribution is -2.16. The number of non-ortho nitro benzene ring substituents is 1. The predicted molar refractivity (Wildman–Crippen MR) is 105 cm³/mol. The minimum Gasteiger partial charge on any atom is -0.493 e. The maximum Gasteiger partial charge on any atom is 0.307 e. The van der Waals surface area contributed by atoms with E-state index in [-0.39, 0.29) is 11.4 Å². The first-order valence-electron chi connectivity index (χ1n) is 7.86. The summed E-state index contributed by atoms with van der Waals surface area (Å²) < 4.78 is 16.7. The van der Waals surface area contributed by atoms with Gasteiger partial charge >= 0.3 is 5.91 Å². The van der Waals surface area contributed by atoms with E-state index >= 15 is 0 Å². The van der Waals surface area contributed by atoms with Crippen LogP contribution in [0.15, 0.2) is 50.4 Å². The van der Waals surface area contributed by atoms with Crippen LogP contribution >= 0.6 is 15.9 Å². The molecule has 0 fully saturated rings. The normalized spacial score (nSPS) is 11.0. The topological polar surface area (TPSA) is 116 Å². The highest BCUT2D eigenvalue weighted by molar-refractivity contribution is 9.10. The Morgan fingerprint density at radius 3 is 2.71 bits per heavy atom. The molecule has 0 aliphatic heterocycles. The number of nitro benzene ring substituents is 1. The van der Waals surface area contributed by atoms with Gasteiger partial charge in [0.25, 0.3) is 5.69 Å². The minimum absolute atomic E-state index is 0.0218. The van der Waals surface area contributed by atoms with Crippen molar-refractivity contribution in [2.75, 3.05) is 14.2 Å². The SMILES string of the molecule is COc1cc(Br)cc(/C=N\NC(=O)c2cc3cc([N+](=O)[O-])ccc3o2)c1OC. The molecule has 3 aromatic rings. The molecule has 1 aromatic heterocycles. The predicted octanol–water partition coefficient (Wildman–Crippen LogP) is 3.88. The number of hydrogen-bond donors (Lipinski definition) is 1. The van der Waals surface area contributed by atoms with Crippen LogP contribution in [-0.2, 0) is 0 Å². The number of rotatable bonds is 6. The highest BCUT2D eigenvalue weighted by Gasteiger charge is 2.15. The Morgan fingerprint density at radius 1 is 1.25 bits per heavy atom. The Kier molecular flexibility index (Phi) is 5.59. The highest BCUT2D eigenvalue weighted by Crippen LogP contribution is 2.33. The molecule has 0 bridgehead atoms. The van der Waals surface area contributed by atoms with E-state index in [0.717, 1.165) is 4.47 Å². The summed E-state index contributed by atoms with van der Waals surface area (Å²) in [5.41, 5.74) is 3.19. The van der Waals surface area contributed by atoms with Gasteiger partial charge in [0.05, 0.1) is 25.4 Å². The van der Waals surface area contributed by atoms with Gasteiger partial charge in [0.15, 0.2) is 17.3 Å². The average Bonchev–Trinajstić information content (AvgIpc) is 3.10. The van der Waals surface area contributed by atoms with E-state index < -0.39 is 10.8 Å². The lowest BCUT2D eigenvalue weighted by Gasteiger charge is -2.10. The summed E-state index contributed by atoms with van der Waals surface area (Å²) in [6.07, 6.45) is 1.40. The number of nitrogens with one attached hydrogen (secondary N) is 1. The zero-order valence-electron chi connectivity index (χ0n) is 14.8.